The number of thioether (sulfide) groups is 1. The van der Waals surface area contributed by atoms with Crippen LogP contribution >= 0.6 is 23.4 Å². The molecule has 0 spiro atoms. The van der Waals surface area contributed by atoms with E-state index in [0.717, 1.165) is 54.4 Å². The van der Waals surface area contributed by atoms with E-state index in [9.17, 15) is 15.0 Å². The quantitative estimate of drug-likeness (QED) is 0.421. The number of aliphatic hydroxyl groups is 1. The molecule has 0 radical (unpaired) electrons. The van der Waals surface area contributed by atoms with Crippen molar-refractivity contribution in [2.45, 2.75) is 56.3 Å². The number of carboxylic acids is 1. The lowest BCUT2D eigenvalue weighted by Gasteiger charge is -2.39. The molecule has 2 heterocycles. The molecule has 1 aromatic carbocycles. The highest BCUT2D eigenvalue weighted by Crippen LogP contribution is 2.38. The van der Waals surface area contributed by atoms with Gasteiger partial charge in [0.1, 0.15) is 5.75 Å². The Morgan fingerprint density at radius 1 is 1.32 bits per heavy atom. The van der Waals surface area contributed by atoms with Gasteiger partial charge >= 0.3 is 5.97 Å². The SMILES string of the molecule is COc1ccc2ncc(Cl)c(C(O)CCC3CCN(CCSC4CCC4)CC3CC(=O)O)c2c1. The van der Waals surface area contributed by atoms with E-state index in [0.29, 0.717) is 22.8 Å². The van der Waals surface area contributed by atoms with Crippen LogP contribution in [0.5, 0.6) is 5.75 Å². The molecule has 2 fully saturated rings. The van der Waals surface area contributed by atoms with Crippen LogP contribution in [0.25, 0.3) is 10.9 Å². The highest BCUT2D eigenvalue weighted by molar-refractivity contribution is 7.99. The van der Waals surface area contributed by atoms with Crippen molar-refractivity contribution in [3.05, 3.63) is 35.0 Å². The second kappa shape index (κ2) is 11.9. The maximum absolute atomic E-state index is 11.6. The molecule has 2 N–H and O–H groups in total. The number of ether oxygens (including phenoxy) is 1. The molecule has 1 saturated heterocycles. The molecule has 4 rings (SSSR count). The van der Waals surface area contributed by atoms with Crippen molar-refractivity contribution < 1.29 is 19.7 Å². The van der Waals surface area contributed by atoms with Gasteiger partial charge < -0.3 is 19.8 Å². The first-order valence-electron chi connectivity index (χ1n) is 12.3. The maximum Gasteiger partial charge on any atom is 0.303 e. The number of aromatic nitrogens is 1. The molecule has 1 aliphatic heterocycles. The van der Waals surface area contributed by atoms with Crippen LogP contribution < -0.4 is 4.74 Å². The highest BCUT2D eigenvalue weighted by Gasteiger charge is 2.31. The number of carbonyl (C=O) groups is 1. The van der Waals surface area contributed by atoms with E-state index in [1.165, 1.54) is 19.3 Å². The molecule has 1 aromatic heterocycles. The number of piperidine rings is 1. The van der Waals surface area contributed by atoms with Crippen LogP contribution in [0.2, 0.25) is 5.02 Å². The van der Waals surface area contributed by atoms with Crippen molar-refractivity contribution in [2.75, 3.05) is 32.5 Å². The summed E-state index contributed by atoms with van der Waals surface area (Å²) < 4.78 is 5.35. The average Bonchev–Trinajstić information content (AvgIpc) is 2.79. The normalized spacial score (nSPS) is 22.4. The zero-order chi connectivity index (χ0) is 24.1. The Morgan fingerprint density at radius 3 is 2.85 bits per heavy atom. The number of hydrogen-bond acceptors (Lipinski definition) is 6. The van der Waals surface area contributed by atoms with E-state index >= 15 is 0 Å². The van der Waals surface area contributed by atoms with Gasteiger partial charge in [0.25, 0.3) is 0 Å². The summed E-state index contributed by atoms with van der Waals surface area (Å²) in [6.07, 6.45) is 7.36. The molecule has 0 bridgehead atoms. The fraction of sp³-hybridized carbons (Fsp3) is 0.615. The third-order valence-electron chi connectivity index (χ3n) is 7.44. The van der Waals surface area contributed by atoms with Gasteiger partial charge in [-0.2, -0.15) is 11.8 Å². The van der Waals surface area contributed by atoms with Gasteiger partial charge in [-0.1, -0.05) is 18.0 Å². The molecule has 0 amide bonds. The van der Waals surface area contributed by atoms with Crippen LogP contribution in [0.1, 0.15) is 56.6 Å². The summed E-state index contributed by atoms with van der Waals surface area (Å²) in [5.41, 5.74) is 1.43. The van der Waals surface area contributed by atoms with Crippen LogP contribution in [-0.4, -0.2) is 63.8 Å². The number of methoxy groups -OCH3 is 1. The smallest absolute Gasteiger partial charge is 0.303 e. The van der Waals surface area contributed by atoms with Crippen molar-refractivity contribution in [3.8, 4) is 5.75 Å². The average molecular weight is 507 g/mol. The lowest BCUT2D eigenvalue weighted by Crippen LogP contribution is -2.42. The molecule has 186 valence electrons. The molecule has 1 saturated carbocycles. The predicted octanol–water partition coefficient (Wildman–Crippen LogP) is 5.41. The van der Waals surface area contributed by atoms with Crippen molar-refractivity contribution in [1.29, 1.82) is 0 Å². The van der Waals surface area contributed by atoms with Gasteiger partial charge in [-0.3, -0.25) is 9.78 Å². The first-order valence-corrected chi connectivity index (χ1v) is 13.7. The fourth-order valence-electron chi connectivity index (χ4n) is 5.23. The standard InChI is InChI=1S/C26H35ClN2O4S/c1-33-19-6-7-23-21(14-19)26(22(27)15-28-23)24(30)8-5-17-9-10-29(16-18(17)13-25(31)32)11-12-34-20-3-2-4-20/h6-7,14-15,17-18,20,24,30H,2-5,8-13,16H2,1H3,(H,31,32). The minimum Gasteiger partial charge on any atom is -0.497 e. The summed E-state index contributed by atoms with van der Waals surface area (Å²) in [6.45, 7) is 2.86. The third-order valence-corrected chi connectivity index (χ3v) is 9.10. The predicted molar refractivity (Wildman–Crippen MR) is 138 cm³/mol. The number of pyridine rings is 1. The third kappa shape index (κ3) is 6.36. The monoisotopic (exact) mass is 506 g/mol. The maximum atomic E-state index is 11.6. The minimum atomic E-state index is -0.743. The van der Waals surface area contributed by atoms with Crippen molar-refractivity contribution in [1.82, 2.24) is 9.88 Å². The number of likely N-dealkylation sites (tertiary alicyclic amines) is 1. The van der Waals surface area contributed by atoms with Gasteiger partial charge in [0, 0.05) is 47.7 Å². The summed E-state index contributed by atoms with van der Waals surface area (Å²) in [4.78, 5) is 18.4. The molecule has 1 aliphatic carbocycles. The van der Waals surface area contributed by atoms with Crippen LogP contribution in [-0.2, 0) is 4.79 Å². The Hall–Kier alpha value is -1.54. The molecule has 34 heavy (non-hydrogen) atoms. The van der Waals surface area contributed by atoms with Crippen molar-refractivity contribution in [2.24, 2.45) is 11.8 Å². The molecule has 3 atom stereocenters. The van der Waals surface area contributed by atoms with E-state index < -0.39 is 12.1 Å². The van der Waals surface area contributed by atoms with E-state index in [4.69, 9.17) is 16.3 Å². The molecule has 8 heteroatoms. The number of benzene rings is 1. The zero-order valence-corrected chi connectivity index (χ0v) is 21.4. The van der Waals surface area contributed by atoms with Gasteiger partial charge in [-0.05, 0) is 68.7 Å². The number of halogens is 1. The second-order valence-corrected chi connectivity index (χ2v) is 11.4. The molecular formula is C26H35ClN2O4S. The topological polar surface area (TPSA) is 82.9 Å². The lowest BCUT2D eigenvalue weighted by atomic mass is 9.79. The van der Waals surface area contributed by atoms with Crippen LogP contribution in [0.15, 0.2) is 24.4 Å². The summed E-state index contributed by atoms with van der Waals surface area (Å²) in [5.74, 6) is 1.47. The van der Waals surface area contributed by atoms with Gasteiger partial charge in [-0.15, -0.1) is 0 Å². The van der Waals surface area contributed by atoms with E-state index in [1.54, 1.807) is 13.3 Å². The summed E-state index contributed by atoms with van der Waals surface area (Å²) in [6, 6.07) is 5.57. The summed E-state index contributed by atoms with van der Waals surface area (Å²) in [7, 11) is 1.61. The van der Waals surface area contributed by atoms with E-state index in [2.05, 4.69) is 21.6 Å². The van der Waals surface area contributed by atoms with E-state index in [-0.39, 0.29) is 18.3 Å². The van der Waals surface area contributed by atoms with Gasteiger partial charge in [-0.25, -0.2) is 0 Å². The first kappa shape index (κ1) is 25.5. The number of aliphatic carboxylic acids is 1. The second-order valence-electron chi connectivity index (χ2n) is 9.63. The minimum absolute atomic E-state index is 0.108. The lowest BCUT2D eigenvalue weighted by molar-refractivity contribution is -0.139. The van der Waals surface area contributed by atoms with Crippen molar-refractivity contribution >= 4 is 40.2 Å². The number of nitrogens with zero attached hydrogens (tertiary/aromatic N) is 2. The van der Waals surface area contributed by atoms with Crippen LogP contribution in [0.3, 0.4) is 0 Å². The van der Waals surface area contributed by atoms with Crippen LogP contribution in [0.4, 0.5) is 0 Å². The van der Waals surface area contributed by atoms with E-state index in [1.807, 2.05) is 18.2 Å². The molecule has 2 aliphatic rings. The number of carboxylic acid groups (broad SMARTS) is 1. The van der Waals surface area contributed by atoms with Crippen LogP contribution in [0, 0.1) is 11.8 Å². The Morgan fingerprint density at radius 2 is 2.15 bits per heavy atom. The highest BCUT2D eigenvalue weighted by atomic mass is 35.5. The summed E-state index contributed by atoms with van der Waals surface area (Å²) in [5, 5.41) is 22.7. The zero-order valence-electron chi connectivity index (χ0n) is 19.8. The van der Waals surface area contributed by atoms with Crippen molar-refractivity contribution in [3.63, 3.8) is 0 Å². The van der Waals surface area contributed by atoms with Gasteiger partial charge in [0.15, 0.2) is 0 Å². The number of rotatable bonds is 11. The number of aliphatic hydroxyl groups excluding tert-OH is 1. The Kier molecular flexibility index (Phi) is 8.97. The molecular weight excluding hydrogens is 472 g/mol. The van der Waals surface area contributed by atoms with Gasteiger partial charge in [0.05, 0.1) is 23.8 Å². The fourth-order valence-corrected chi connectivity index (χ4v) is 6.87. The Bertz CT molecular complexity index is 987. The Balaban J connectivity index is 1.38. The first-order chi connectivity index (χ1) is 16.4. The number of fused-ring (bicyclic) bond motifs is 1. The molecule has 6 nitrogen and oxygen atoms in total. The van der Waals surface area contributed by atoms with Gasteiger partial charge in [0.2, 0.25) is 0 Å². The number of hydrogen-bond donors (Lipinski definition) is 2. The molecule has 3 unspecified atom stereocenters. The molecule has 2 aromatic rings. The largest absolute Gasteiger partial charge is 0.497 e. The summed E-state index contributed by atoms with van der Waals surface area (Å²) >= 11 is 8.54. The Labute approximate surface area is 211 Å².